The number of nitrogens with one attached hydrogen (secondary N) is 1. The zero-order chi connectivity index (χ0) is 22.2. The maximum Gasteiger partial charge on any atom is 0.179 e. The summed E-state index contributed by atoms with van der Waals surface area (Å²) in [5, 5.41) is 12.4. The summed E-state index contributed by atoms with van der Waals surface area (Å²) in [5.74, 6) is 1.40. The van der Waals surface area contributed by atoms with Gasteiger partial charge in [-0.25, -0.2) is 0 Å². The minimum Gasteiger partial charge on any atom is -0.381 e. The van der Waals surface area contributed by atoms with E-state index in [1.54, 1.807) is 0 Å². The Balaban J connectivity index is 1.33. The maximum atomic E-state index is 5.56. The average Bonchev–Trinajstić information content (AvgIpc) is 3.34. The predicted octanol–water partition coefficient (Wildman–Crippen LogP) is 4.03. The van der Waals surface area contributed by atoms with Crippen molar-refractivity contribution in [3.8, 4) is 11.1 Å². The number of anilines is 1. The lowest BCUT2D eigenvalue weighted by molar-refractivity contribution is 0.0834. The number of ether oxygens (including phenoxy) is 1. The van der Waals surface area contributed by atoms with Crippen molar-refractivity contribution in [3.05, 3.63) is 54.5 Å². The lowest BCUT2D eigenvalue weighted by Gasteiger charge is -2.33. The summed E-state index contributed by atoms with van der Waals surface area (Å²) >= 11 is 0. The Hall–Kier alpha value is -3.03. The molecule has 0 radical (unpaired) electrons. The molecular weight excluding hydrogens is 412 g/mol. The Morgan fingerprint density at radius 3 is 2.42 bits per heavy atom. The molecule has 7 nitrogen and oxygen atoms in total. The molecule has 170 valence electrons. The van der Waals surface area contributed by atoms with Crippen LogP contribution in [0.15, 0.2) is 48.7 Å². The second-order valence-electron chi connectivity index (χ2n) is 9.20. The van der Waals surface area contributed by atoms with E-state index in [0.29, 0.717) is 12.0 Å². The molecule has 2 aliphatic heterocycles. The van der Waals surface area contributed by atoms with Crippen LogP contribution in [0.2, 0.25) is 0 Å². The third-order valence-corrected chi connectivity index (χ3v) is 7.30. The van der Waals surface area contributed by atoms with E-state index in [9.17, 15) is 0 Å². The standard InChI is InChI=1S/C26H30N6O/c1-27-21-8-12-31(13-9-21)22-5-2-18(3-6-22)20-4-7-23-24(16-20)32-25(17-28-23)29-30-26(32)19-10-14-33-15-11-19/h2-7,16-17,19,21,27H,8-15H2,1H3. The second-order valence-corrected chi connectivity index (χ2v) is 9.20. The van der Waals surface area contributed by atoms with Crippen molar-refractivity contribution in [1.82, 2.24) is 24.9 Å². The lowest BCUT2D eigenvalue weighted by atomic mass is 9.99. The molecule has 2 saturated heterocycles. The van der Waals surface area contributed by atoms with Gasteiger partial charge in [0.2, 0.25) is 0 Å². The molecule has 0 bridgehead atoms. The van der Waals surface area contributed by atoms with Gasteiger partial charge in [-0.1, -0.05) is 18.2 Å². The smallest absolute Gasteiger partial charge is 0.179 e. The molecule has 4 heterocycles. The number of piperidine rings is 1. The lowest BCUT2D eigenvalue weighted by Crippen LogP contribution is -2.41. The number of hydrogen-bond donors (Lipinski definition) is 1. The normalized spacial score (nSPS) is 18.4. The first-order valence-electron chi connectivity index (χ1n) is 12.0. The first kappa shape index (κ1) is 20.6. The van der Waals surface area contributed by atoms with Crippen LogP contribution in [0.3, 0.4) is 0 Å². The largest absolute Gasteiger partial charge is 0.381 e. The van der Waals surface area contributed by atoms with Crippen LogP contribution in [0.25, 0.3) is 27.8 Å². The van der Waals surface area contributed by atoms with Crippen molar-refractivity contribution in [3.63, 3.8) is 0 Å². The van der Waals surface area contributed by atoms with Crippen LogP contribution < -0.4 is 10.2 Å². The van der Waals surface area contributed by atoms with Crippen LogP contribution in [0.5, 0.6) is 0 Å². The molecule has 6 rings (SSSR count). The van der Waals surface area contributed by atoms with Gasteiger partial charge in [0.05, 0.1) is 17.2 Å². The molecule has 2 fully saturated rings. The molecular formula is C26H30N6O. The molecule has 0 saturated carbocycles. The number of rotatable bonds is 4. The molecule has 4 aromatic rings. The monoisotopic (exact) mass is 442 g/mol. The van der Waals surface area contributed by atoms with E-state index in [-0.39, 0.29) is 0 Å². The highest BCUT2D eigenvalue weighted by atomic mass is 16.5. The molecule has 33 heavy (non-hydrogen) atoms. The summed E-state index contributed by atoms with van der Waals surface area (Å²) in [6.45, 7) is 3.78. The predicted molar refractivity (Wildman–Crippen MR) is 131 cm³/mol. The van der Waals surface area contributed by atoms with Gasteiger partial charge in [0.15, 0.2) is 5.65 Å². The van der Waals surface area contributed by atoms with Gasteiger partial charge < -0.3 is 15.0 Å². The SMILES string of the molecule is CNC1CCN(c2ccc(-c3ccc4ncc5nnc(C6CCOCC6)n5c4c3)cc2)CC1. The van der Waals surface area contributed by atoms with E-state index < -0.39 is 0 Å². The van der Waals surface area contributed by atoms with Gasteiger partial charge in [-0.05, 0) is 68.1 Å². The van der Waals surface area contributed by atoms with E-state index in [2.05, 4.69) is 79.3 Å². The van der Waals surface area contributed by atoms with Crippen molar-refractivity contribution in [2.24, 2.45) is 0 Å². The van der Waals surface area contributed by atoms with Crippen molar-refractivity contribution < 1.29 is 4.74 Å². The van der Waals surface area contributed by atoms with Gasteiger partial charge >= 0.3 is 0 Å². The van der Waals surface area contributed by atoms with Crippen LogP contribution in [0.4, 0.5) is 5.69 Å². The van der Waals surface area contributed by atoms with Crippen molar-refractivity contribution in [1.29, 1.82) is 0 Å². The summed E-state index contributed by atoms with van der Waals surface area (Å²) in [4.78, 5) is 7.12. The van der Waals surface area contributed by atoms with Gasteiger partial charge in [-0.15, -0.1) is 10.2 Å². The van der Waals surface area contributed by atoms with Gasteiger partial charge in [-0.2, -0.15) is 0 Å². The zero-order valence-corrected chi connectivity index (χ0v) is 19.1. The minimum absolute atomic E-state index is 0.370. The summed E-state index contributed by atoms with van der Waals surface area (Å²) < 4.78 is 7.76. The number of fused-ring (bicyclic) bond motifs is 3. The first-order valence-corrected chi connectivity index (χ1v) is 12.0. The number of hydrogen-bond acceptors (Lipinski definition) is 6. The van der Waals surface area contributed by atoms with Gasteiger partial charge in [0.25, 0.3) is 0 Å². The van der Waals surface area contributed by atoms with E-state index in [1.807, 2.05) is 6.20 Å². The van der Waals surface area contributed by atoms with Crippen molar-refractivity contribution >= 4 is 22.4 Å². The minimum atomic E-state index is 0.370. The fraction of sp³-hybridized carbons (Fsp3) is 0.423. The van der Waals surface area contributed by atoms with E-state index in [1.165, 1.54) is 29.7 Å². The Labute approximate surface area is 193 Å². The van der Waals surface area contributed by atoms with Crippen molar-refractivity contribution in [2.45, 2.75) is 37.6 Å². The zero-order valence-electron chi connectivity index (χ0n) is 19.1. The van der Waals surface area contributed by atoms with Crippen LogP contribution >= 0.6 is 0 Å². The first-order chi connectivity index (χ1) is 16.3. The van der Waals surface area contributed by atoms with Crippen LogP contribution in [0, 0.1) is 0 Å². The van der Waals surface area contributed by atoms with Gasteiger partial charge in [0.1, 0.15) is 5.82 Å². The summed E-state index contributed by atoms with van der Waals surface area (Å²) in [6, 6.07) is 16.1. The highest BCUT2D eigenvalue weighted by Crippen LogP contribution is 2.31. The second kappa shape index (κ2) is 8.72. The molecule has 7 heteroatoms. The fourth-order valence-electron chi connectivity index (χ4n) is 5.27. The summed E-state index contributed by atoms with van der Waals surface area (Å²) in [5.41, 5.74) is 6.53. The Bertz CT molecular complexity index is 1250. The van der Waals surface area contributed by atoms with E-state index >= 15 is 0 Å². The average molecular weight is 443 g/mol. The molecule has 2 aliphatic rings. The molecule has 2 aromatic carbocycles. The third-order valence-electron chi connectivity index (χ3n) is 7.30. The van der Waals surface area contributed by atoms with Gasteiger partial charge in [0, 0.05) is 44.0 Å². The Morgan fingerprint density at radius 1 is 0.909 bits per heavy atom. The number of benzene rings is 2. The molecule has 0 atom stereocenters. The Morgan fingerprint density at radius 2 is 1.67 bits per heavy atom. The van der Waals surface area contributed by atoms with E-state index in [0.717, 1.165) is 61.6 Å². The third kappa shape index (κ3) is 3.85. The fourth-order valence-corrected chi connectivity index (χ4v) is 5.27. The molecule has 0 unspecified atom stereocenters. The molecule has 1 N–H and O–H groups in total. The molecule has 0 aliphatic carbocycles. The quantitative estimate of drug-likeness (QED) is 0.515. The summed E-state index contributed by atoms with van der Waals surface area (Å²) in [6.07, 6.45) is 6.18. The van der Waals surface area contributed by atoms with Crippen LogP contribution in [-0.4, -0.2) is 59.0 Å². The number of aromatic nitrogens is 4. The van der Waals surface area contributed by atoms with Crippen molar-refractivity contribution in [2.75, 3.05) is 38.3 Å². The highest BCUT2D eigenvalue weighted by Gasteiger charge is 2.23. The maximum absolute atomic E-state index is 5.56. The van der Waals surface area contributed by atoms with Gasteiger partial charge in [-0.3, -0.25) is 9.38 Å². The van der Waals surface area contributed by atoms with Crippen LogP contribution in [-0.2, 0) is 4.74 Å². The molecule has 0 amide bonds. The van der Waals surface area contributed by atoms with E-state index in [4.69, 9.17) is 4.74 Å². The highest BCUT2D eigenvalue weighted by molar-refractivity contribution is 5.84. The molecule has 2 aromatic heterocycles. The molecule has 0 spiro atoms. The number of nitrogens with zero attached hydrogens (tertiary/aromatic N) is 5. The Kier molecular flexibility index (Phi) is 5.44. The topological polar surface area (TPSA) is 67.6 Å². The van der Waals surface area contributed by atoms with Crippen LogP contribution in [0.1, 0.15) is 37.4 Å². The summed E-state index contributed by atoms with van der Waals surface area (Å²) in [7, 11) is 2.06.